The van der Waals surface area contributed by atoms with Crippen LogP contribution in [0.3, 0.4) is 0 Å². The van der Waals surface area contributed by atoms with Crippen molar-refractivity contribution in [3.8, 4) is 0 Å². The lowest BCUT2D eigenvalue weighted by Gasteiger charge is -2.32. The van der Waals surface area contributed by atoms with Crippen LogP contribution in [0.1, 0.15) is 43.2 Å². The Balaban J connectivity index is 1.92. The number of carbonyl (C=O) groups excluding carboxylic acids is 1. The van der Waals surface area contributed by atoms with Gasteiger partial charge in [0.1, 0.15) is 0 Å². The van der Waals surface area contributed by atoms with E-state index in [2.05, 4.69) is 5.32 Å². The molecule has 3 unspecified atom stereocenters. The molecule has 1 heterocycles. The molecule has 1 fully saturated rings. The molecule has 1 amide bonds. The highest BCUT2D eigenvalue weighted by molar-refractivity contribution is 6.21. The number of amides is 1. The Kier molecular flexibility index (Phi) is 4.34. The van der Waals surface area contributed by atoms with Crippen molar-refractivity contribution in [1.82, 2.24) is 0 Å². The smallest absolute Gasteiger partial charge is 0.326 e. The SMILES string of the molecule is CC1CCCC(c2ccc3c(c2)CC(=O)N3)C(Cl)[C@H]1C(F)(F)F. The molecule has 1 aliphatic heterocycles. The molecule has 1 aromatic carbocycles. The van der Waals surface area contributed by atoms with E-state index in [0.717, 1.165) is 23.2 Å². The molecule has 1 aliphatic carbocycles. The molecule has 1 N–H and O–H groups in total. The molecule has 0 spiro atoms. The number of carbonyl (C=O) groups is 1. The summed E-state index contributed by atoms with van der Waals surface area (Å²) in [5.41, 5.74) is 2.40. The quantitative estimate of drug-likeness (QED) is 0.571. The van der Waals surface area contributed by atoms with E-state index in [9.17, 15) is 18.0 Å². The highest BCUT2D eigenvalue weighted by Crippen LogP contribution is 2.48. The Labute approximate surface area is 138 Å². The maximum Gasteiger partial charge on any atom is 0.393 e. The minimum absolute atomic E-state index is 0.0813. The first-order chi connectivity index (χ1) is 10.8. The van der Waals surface area contributed by atoms with E-state index in [4.69, 9.17) is 11.6 Å². The number of halogens is 4. The Hall–Kier alpha value is -1.23. The van der Waals surface area contributed by atoms with Gasteiger partial charge in [0.05, 0.1) is 17.7 Å². The summed E-state index contributed by atoms with van der Waals surface area (Å²) in [6.45, 7) is 1.64. The van der Waals surface area contributed by atoms with Crippen LogP contribution in [-0.4, -0.2) is 17.5 Å². The van der Waals surface area contributed by atoms with Gasteiger partial charge in [-0.25, -0.2) is 0 Å². The largest absolute Gasteiger partial charge is 0.393 e. The van der Waals surface area contributed by atoms with Crippen molar-refractivity contribution in [2.75, 3.05) is 5.32 Å². The van der Waals surface area contributed by atoms with Crippen molar-refractivity contribution < 1.29 is 18.0 Å². The van der Waals surface area contributed by atoms with Crippen molar-refractivity contribution in [2.45, 2.75) is 50.1 Å². The molecular weight excluding hydrogens is 327 g/mol. The Bertz CT molecular complexity index is 616. The van der Waals surface area contributed by atoms with Gasteiger partial charge in [-0.2, -0.15) is 13.2 Å². The Morgan fingerprint density at radius 3 is 2.70 bits per heavy atom. The zero-order valence-electron chi connectivity index (χ0n) is 12.8. The van der Waals surface area contributed by atoms with Crippen LogP contribution in [0, 0.1) is 11.8 Å². The summed E-state index contributed by atoms with van der Waals surface area (Å²) in [6, 6.07) is 5.42. The number of benzene rings is 1. The van der Waals surface area contributed by atoms with E-state index in [-0.39, 0.29) is 18.2 Å². The molecule has 4 atom stereocenters. The van der Waals surface area contributed by atoms with Gasteiger partial charge in [0.2, 0.25) is 5.91 Å². The number of hydrogen-bond acceptors (Lipinski definition) is 1. The number of fused-ring (bicyclic) bond motifs is 1. The molecule has 0 saturated heterocycles. The number of rotatable bonds is 1. The summed E-state index contributed by atoms with van der Waals surface area (Å²) >= 11 is 6.34. The number of hydrogen-bond donors (Lipinski definition) is 1. The summed E-state index contributed by atoms with van der Waals surface area (Å²) in [7, 11) is 0. The van der Waals surface area contributed by atoms with Crippen molar-refractivity contribution in [1.29, 1.82) is 0 Å². The summed E-state index contributed by atoms with van der Waals surface area (Å²) in [4.78, 5) is 11.4. The molecule has 3 rings (SSSR count). The Morgan fingerprint density at radius 1 is 1.26 bits per heavy atom. The number of anilines is 1. The second-order valence-electron chi connectivity index (χ2n) is 6.67. The van der Waals surface area contributed by atoms with Crippen LogP contribution in [0.2, 0.25) is 0 Å². The van der Waals surface area contributed by atoms with Crippen molar-refractivity contribution in [3.63, 3.8) is 0 Å². The summed E-state index contributed by atoms with van der Waals surface area (Å²) in [5, 5.41) is 1.76. The molecule has 1 aromatic rings. The van der Waals surface area contributed by atoms with E-state index >= 15 is 0 Å². The van der Waals surface area contributed by atoms with Crippen LogP contribution in [0.25, 0.3) is 0 Å². The standard InChI is InChI=1S/C17H19ClF3NO/c1-9-3-2-4-12(16(18)15(9)17(19,20)21)10-5-6-13-11(7-10)8-14(23)22-13/h5-7,9,12,15-16H,2-4,8H2,1H3,(H,22,23)/t9?,12?,15-,16?/m0/s1. The fourth-order valence-corrected chi connectivity index (χ4v) is 4.56. The molecule has 2 aliphatic rings. The molecule has 0 bridgehead atoms. The van der Waals surface area contributed by atoms with Gasteiger partial charge in [-0.15, -0.1) is 11.6 Å². The maximum atomic E-state index is 13.4. The van der Waals surface area contributed by atoms with Crippen LogP contribution < -0.4 is 5.32 Å². The Morgan fingerprint density at radius 2 is 2.00 bits per heavy atom. The molecule has 2 nitrogen and oxygen atoms in total. The first-order valence-corrected chi connectivity index (χ1v) is 8.34. The second kappa shape index (κ2) is 6.00. The van der Waals surface area contributed by atoms with Crippen LogP contribution in [0.4, 0.5) is 18.9 Å². The average Bonchev–Trinajstić information content (AvgIpc) is 2.73. The van der Waals surface area contributed by atoms with Gasteiger partial charge in [0.15, 0.2) is 0 Å². The normalized spacial score (nSPS) is 31.4. The number of nitrogens with one attached hydrogen (secondary N) is 1. The minimum Gasteiger partial charge on any atom is -0.326 e. The fourth-order valence-electron chi connectivity index (χ4n) is 3.90. The molecule has 126 valence electrons. The zero-order chi connectivity index (χ0) is 16.8. The zero-order valence-corrected chi connectivity index (χ0v) is 13.5. The van der Waals surface area contributed by atoms with E-state index in [0.29, 0.717) is 12.8 Å². The van der Waals surface area contributed by atoms with Gasteiger partial charge in [0, 0.05) is 11.6 Å². The van der Waals surface area contributed by atoms with E-state index in [1.54, 1.807) is 19.1 Å². The topological polar surface area (TPSA) is 29.1 Å². The minimum atomic E-state index is -4.29. The molecule has 0 radical (unpaired) electrons. The third-order valence-corrected chi connectivity index (χ3v) is 5.65. The predicted molar refractivity (Wildman–Crippen MR) is 83.7 cm³/mol. The van der Waals surface area contributed by atoms with Gasteiger partial charge < -0.3 is 5.32 Å². The molecule has 0 aromatic heterocycles. The maximum absolute atomic E-state index is 13.4. The fraction of sp³-hybridized carbons (Fsp3) is 0.588. The van der Waals surface area contributed by atoms with E-state index < -0.39 is 23.4 Å². The van der Waals surface area contributed by atoms with Crippen molar-refractivity contribution in [2.24, 2.45) is 11.8 Å². The lowest BCUT2D eigenvalue weighted by atomic mass is 9.82. The first-order valence-electron chi connectivity index (χ1n) is 7.91. The van der Waals surface area contributed by atoms with Crippen LogP contribution in [-0.2, 0) is 11.2 Å². The van der Waals surface area contributed by atoms with E-state index in [1.165, 1.54) is 0 Å². The molecule has 6 heteroatoms. The summed E-state index contributed by atoms with van der Waals surface area (Å²) in [5.74, 6) is -2.39. The van der Waals surface area contributed by atoms with E-state index in [1.807, 2.05) is 6.07 Å². The van der Waals surface area contributed by atoms with Gasteiger partial charge in [0.25, 0.3) is 0 Å². The predicted octanol–water partition coefficient (Wildman–Crippen LogP) is 4.87. The highest BCUT2D eigenvalue weighted by Gasteiger charge is 2.50. The summed E-state index contributed by atoms with van der Waals surface area (Å²) < 4.78 is 40.3. The van der Waals surface area contributed by atoms with Crippen molar-refractivity contribution >= 4 is 23.2 Å². The molecular formula is C17H19ClF3NO. The third-order valence-electron chi connectivity index (χ3n) is 5.08. The van der Waals surface area contributed by atoms with Crippen molar-refractivity contribution in [3.05, 3.63) is 29.3 Å². The first kappa shape index (κ1) is 16.6. The van der Waals surface area contributed by atoms with Gasteiger partial charge in [-0.05, 0) is 29.5 Å². The second-order valence-corrected chi connectivity index (χ2v) is 7.17. The molecule has 1 saturated carbocycles. The third kappa shape index (κ3) is 3.21. The van der Waals surface area contributed by atoms with Gasteiger partial charge in [-0.1, -0.05) is 31.9 Å². The van der Waals surface area contributed by atoms with Gasteiger partial charge >= 0.3 is 6.18 Å². The number of alkyl halides is 4. The van der Waals surface area contributed by atoms with Crippen LogP contribution >= 0.6 is 11.6 Å². The highest BCUT2D eigenvalue weighted by atomic mass is 35.5. The lowest BCUT2D eigenvalue weighted by Crippen LogP contribution is -2.37. The summed E-state index contributed by atoms with van der Waals surface area (Å²) in [6.07, 6.45) is -2.10. The van der Waals surface area contributed by atoms with Crippen LogP contribution in [0.5, 0.6) is 0 Å². The van der Waals surface area contributed by atoms with Gasteiger partial charge in [-0.3, -0.25) is 4.79 Å². The van der Waals surface area contributed by atoms with Crippen LogP contribution in [0.15, 0.2) is 18.2 Å². The average molecular weight is 346 g/mol. The molecule has 23 heavy (non-hydrogen) atoms. The monoisotopic (exact) mass is 345 g/mol. The lowest BCUT2D eigenvalue weighted by molar-refractivity contribution is -0.188.